The van der Waals surface area contributed by atoms with Crippen molar-refractivity contribution in [2.24, 2.45) is 0 Å². The van der Waals surface area contributed by atoms with E-state index in [0.717, 1.165) is 0 Å². The molecule has 0 saturated heterocycles. The van der Waals surface area contributed by atoms with Crippen LogP contribution in [0, 0.1) is 11.3 Å². The first kappa shape index (κ1) is 13.1. The molecule has 0 radical (unpaired) electrons. The molecule has 0 spiro atoms. The lowest BCUT2D eigenvalue weighted by Gasteiger charge is -2.14. The molecule has 1 rings (SSSR count). The van der Waals surface area contributed by atoms with Gasteiger partial charge in [0.25, 0.3) is 6.43 Å². The zero-order chi connectivity index (χ0) is 13.0. The van der Waals surface area contributed by atoms with Crippen LogP contribution in [-0.4, -0.2) is 12.4 Å². The van der Waals surface area contributed by atoms with Gasteiger partial charge in [0.05, 0.1) is 17.7 Å². The van der Waals surface area contributed by atoms with E-state index < -0.39 is 17.8 Å². The van der Waals surface area contributed by atoms with Crippen LogP contribution in [0.4, 0.5) is 8.78 Å². The number of nitriles is 1. The number of Topliss-reactive ketones (excluding diaryl/α,β-unsaturated/α-hetero) is 1. The number of ketones is 1. The first-order chi connectivity index (χ1) is 8.02. The number of rotatable bonds is 4. The SMILES string of the molecule is CCOc1c(C#N)ccc(C(C)=O)c1C(F)F. The Morgan fingerprint density at radius 1 is 1.53 bits per heavy atom. The fourth-order valence-electron chi connectivity index (χ4n) is 1.51. The molecule has 0 unspecified atom stereocenters. The maximum absolute atomic E-state index is 12.9. The summed E-state index contributed by atoms with van der Waals surface area (Å²) in [5.74, 6) is -0.677. The maximum atomic E-state index is 12.9. The van der Waals surface area contributed by atoms with Crippen LogP contribution < -0.4 is 4.74 Å². The molecule has 0 bridgehead atoms. The topological polar surface area (TPSA) is 50.1 Å². The van der Waals surface area contributed by atoms with Crippen molar-refractivity contribution in [2.45, 2.75) is 20.3 Å². The van der Waals surface area contributed by atoms with E-state index in [4.69, 9.17) is 10.00 Å². The highest BCUT2D eigenvalue weighted by Gasteiger charge is 2.24. The summed E-state index contributed by atoms with van der Waals surface area (Å²) >= 11 is 0. The summed E-state index contributed by atoms with van der Waals surface area (Å²) in [5.41, 5.74) is -0.604. The predicted molar refractivity (Wildman–Crippen MR) is 57.3 cm³/mol. The molecule has 0 amide bonds. The van der Waals surface area contributed by atoms with Crippen molar-refractivity contribution in [3.8, 4) is 11.8 Å². The van der Waals surface area contributed by atoms with Crippen LogP contribution in [0.2, 0.25) is 0 Å². The third-order valence-corrected chi connectivity index (χ3v) is 2.20. The second kappa shape index (κ2) is 5.39. The van der Waals surface area contributed by atoms with E-state index in [2.05, 4.69) is 0 Å². The highest BCUT2D eigenvalue weighted by Crippen LogP contribution is 2.35. The summed E-state index contributed by atoms with van der Waals surface area (Å²) in [7, 11) is 0. The van der Waals surface area contributed by atoms with E-state index in [1.165, 1.54) is 19.1 Å². The van der Waals surface area contributed by atoms with Gasteiger partial charge in [0.2, 0.25) is 0 Å². The second-order valence-corrected chi connectivity index (χ2v) is 3.31. The van der Waals surface area contributed by atoms with Crippen LogP contribution in [0.1, 0.15) is 41.8 Å². The Kier molecular flexibility index (Phi) is 4.16. The van der Waals surface area contributed by atoms with Crippen LogP contribution in [0.3, 0.4) is 0 Å². The average Bonchev–Trinajstić information content (AvgIpc) is 2.28. The van der Waals surface area contributed by atoms with E-state index in [1.807, 2.05) is 0 Å². The molecule has 0 aliphatic heterocycles. The average molecular weight is 239 g/mol. The van der Waals surface area contributed by atoms with Crippen molar-refractivity contribution < 1.29 is 18.3 Å². The number of benzene rings is 1. The van der Waals surface area contributed by atoms with Crippen molar-refractivity contribution in [1.29, 1.82) is 5.26 Å². The molecule has 5 heteroatoms. The Labute approximate surface area is 97.6 Å². The van der Waals surface area contributed by atoms with E-state index >= 15 is 0 Å². The third kappa shape index (κ3) is 2.59. The monoisotopic (exact) mass is 239 g/mol. The van der Waals surface area contributed by atoms with Crippen LogP contribution in [0.25, 0.3) is 0 Å². The Balaban J connectivity index is 3.54. The summed E-state index contributed by atoms with van der Waals surface area (Å²) in [5, 5.41) is 8.82. The molecule has 90 valence electrons. The van der Waals surface area contributed by atoms with Gasteiger partial charge in [-0.2, -0.15) is 5.26 Å². The number of carbonyl (C=O) groups excluding carboxylic acids is 1. The lowest BCUT2D eigenvalue weighted by atomic mass is 10.00. The molecule has 0 saturated carbocycles. The van der Waals surface area contributed by atoms with Crippen LogP contribution in [-0.2, 0) is 0 Å². The fourth-order valence-corrected chi connectivity index (χ4v) is 1.51. The first-order valence-corrected chi connectivity index (χ1v) is 5.01. The fraction of sp³-hybridized carbons (Fsp3) is 0.333. The lowest BCUT2D eigenvalue weighted by molar-refractivity contribution is 0.0995. The number of hydrogen-bond donors (Lipinski definition) is 0. The quantitative estimate of drug-likeness (QED) is 0.758. The van der Waals surface area contributed by atoms with Crippen molar-refractivity contribution in [3.63, 3.8) is 0 Å². The van der Waals surface area contributed by atoms with Crippen molar-refractivity contribution >= 4 is 5.78 Å². The Hall–Kier alpha value is -1.96. The highest BCUT2D eigenvalue weighted by atomic mass is 19.3. The number of alkyl halides is 2. The number of hydrogen-bond acceptors (Lipinski definition) is 3. The Bertz CT molecular complexity index is 478. The highest BCUT2D eigenvalue weighted by molar-refractivity contribution is 5.96. The van der Waals surface area contributed by atoms with Crippen molar-refractivity contribution in [3.05, 3.63) is 28.8 Å². The largest absolute Gasteiger partial charge is 0.492 e. The second-order valence-electron chi connectivity index (χ2n) is 3.31. The Morgan fingerprint density at radius 3 is 2.59 bits per heavy atom. The smallest absolute Gasteiger partial charge is 0.268 e. The van der Waals surface area contributed by atoms with Crippen LogP contribution in [0.5, 0.6) is 5.75 Å². The van der Waals surface area contributed by atoms with E-state index in [-0.39, 0.29) is 23.5 Å². The van der Waals surface area contributed by atoms with Gasteiger partial charge in [-0.25, -0.2) is 8.78 Å². The van der Waals surface area contributed by atoms with Crippen molar-refractivity contribution in [2.75, 3.05) is 6.61 Å². The van der Waals surface area contributed by atoms with Gasteiger partial charge < -0.3 is 4.74 Å². The minimum atomic E-state index is -2.86. The molecule has 0 N–H and O–H groups in total. The van der Waals surface area contributed by atoms with Crippen molar-refractivity contribution in [1.82, 2.24) is 0 Å². The van der Waals surface area contributed by atoms with Gasteiger partial charge in [-0.1, -0.05) is 0 Å². The lowest BCUT2D eigenvalue weighted by Crippen LogP contribution is -2.06. The van der Waals surface area contributed by atoms with E-state index in [1.54, 1.807) is 13.0 Å². The molecule has 17 heavy (non-hydrogen) atoms. The number of carbonyl (C=O) groups is 1. The van der Waals surface area contributed by atoms with Gasteiger partial charge in [-0.3, -0.25) is 4.79 Å². The van der Waals surface area contributed by atoms with Gasteiger partial charge >= 0.3 is 0 Å². The minimum Gasteiger partial charge on any atom is -0.492 e. The summed E-state index contributed by atoms with van der Waals surface area (Å²) in [6.07, 6.45) is -2.86. The molecule has 1 aromatic rings. The summed E-state index contributed by atoms with van der Waals surface area (Å²) in [6, 6.07) is 4.31. The molecule has 0 aliphatic carbocycles. The standard InChI is InChI=1S/C12H11F2NO2/c1-3-17-11-8(6-15)4-5-9(7(2)16)10(11)12(13)14/h4-5,12H,3H2,1-2H3. The molecule has 0 heterocycles. The summed E-state index contributed by atoms with van der Waals surface area (Å²) in [4.78, 5) is 11.3. The molecule has 1 aromatic carbocycles. The molecular weight excluding hydrogens is 228 g/mol. The van der Waals surface area contributed by atoms with E-state index in [0.29, 0.717) is 0 Å². The molecule has 0 fully saturated rings. The zero-order valence-electron chi connectivity index (χ0n) is 9.46. The zero-order valence-corrected chi connectivity index (χ0v) is 9.46. The molecule has 3 nitrogen and oxygen atoms in total. The molecular formula is C12H11F2NO2. The summed E-state index contributed by atoms with van der Waals surface area (Å²) in [6.45, 7) is 2.97. The summed E-state index contributed by atoms with van der Waals surface area (Å²) < 4.78 is 30.9. The first-order valence-electron chi connectivity index (χ1n) is 5.01. The molecule has 0 aromatic heterocycles. The van der Waals surface area contributed by atoms with Gasteiger partial charge in [0.1, 0.15) is 11.8 Å². The number of nitrogens with zero attached hydrogens (tertiary/aromatic N) is 1. The Morgan fingerprint density at radius 2 is 2.18 bits per heavy atom. The predicted octanol–water partition coefficient (Wildman–Crippen LogP) is 3.10. The molecule has 0 aliphatic rings. The number of halogens is 2. The van der Waals surface area contributed by atoms with Crippen LogP contribution >= 0.6 is 0 Å². The van der Waals surface area contributed by atoms with Gasteiger partial charge in [0, 0.05) is 5.56 Å². The van der Waals surface area contributed by atoms with Gasteiger partial charge in [-0.15, -0.1) is 0 Å². The number of ether oxygens (including phenoxy) is 1. The molecule has 0 atom stereocenters. The van der Waals surface area contributed by atoms with Gasteiger partial charge in [-0.05, 0) is 26.0 Å². The van der Waals surface area contributed by atoms with E-state index in [9.17, 15) is 13.6 Å². The third-order valence-electron chi connectivity index (χ3n) is 2.20. The normalized spacial score (nSPS) is 10.1. The van der Waals surface area contributed by atoms with Crippen LogP contribution in [0.15, 0.2) is 12.1 Å². The van der Waals surface area contributed by atoms with Gasteiger partial charge in [0.15, 0.2) is 5.78 Å². The maximum Gasteiger partial charge on any atom is 0.268 e. The minimum absolute atomic E-state index is 0.00662.